The average molecular weight is 395 g/mol. The van der Waals surface area contributed by atoms with Crippen LogP contribution in [-0.2, 0) is 16.0 Å². The van der Waals surface area contributed by atoms with Crippen molar-refractivity contribution in [2.75, 3.05) is 6.26 Å². The molecular formula is C19H13F4NO2S. The summed E-state index contributed by atoms with van der Waals surface area (Å²) in [4.78, 5) is 3.83. The Morgan fingerprint density at radius 2 is 1.59 bits per heavy atom. The Labute approximate surface area is 153 Å². The van der Waals surface area contributed by atoms with Crippen LogP contribution in [-0.4, -0.2) is 19.7 Å². The second-order valence-electron chi connectivity index (χ2n) is 5.89. The molecule has 8 heteroatoms. The van der Waals surface area contributed by atoms with E-state index in [2.05, 4.69) is 4.98 Å². The molecule has 0 N–H and O–H groups in total. The minimum atomic E-state index is -4.53. The standard InChI is InChI=1S/C19H13F4NO2S/c1-27(25,26)17-4-2-3-15(18(17)12-5-8-14(20)9-6-12)16-10-7-13(11-24-16)19(21,22)23/h2-11H,1H3. The van der Waals surface area contributed by atoms with Crippen molar-refractivity contribution < 1.29 is 26.0 Å². The number of aromatic nitrogens is 1. The zero-order valence-corrected chi connectivity index (χ0v) is 14.8. The van der Waals surface area contributed by atoms with Crippen molar-refractivity contribution in [2.45, 2.75) is 11.1 Å². The number of hydrogen-bond acceptors (Lipinski definition) is 3. The Hall–Kier alpha value is -2.74. The average Bonchev–Trinajstić information content (AvgIpc) is 2.60. The highest BCUT2D eigenvalue weighted by Gasteiger charge is 2.31. The number of alkyl halides is 3. The third-order valence-corrected chi connectivity index (χ3v) is 5.06. The summed E-state index contributed by atoms with van der Waals surface area (Å²) in [6, 6.07) is 11.7. The Morgan fingerprint density at radius 3 is 2.11 bits per heavy atom. The van der Waals surface area contributed by atoms with Gasteiger partial charge in [0.05, 0.1) is 16.2 Å². The number of hydrogen-bond donors (Lipinski definition) is 0. The minimum absolute atomic E-state index is 0.0201. The van der Waals surface area contributed by atoms with Gasteiger partial charge in [0.1, 0.15) is 5.82 Å². The second-order valence-corrected chi connectivity index (χ2v) is 7.87. The molecule has 0 aliphatic rings. The topological polar surface area (TPSA) is 47.0 Å². The van der Waals surface area contributed by atoms with Gasteiger partial charge >= 0.3 is 6.18 Å². The van der Waals surface area contributed by atoms with Crippen LogP contribution in [0.2, 0.25) is 0 Å². The molecule has 0 amide bonds. The van der Waals surface area contributed by atoms with Gasteiger partial charge in [-0.3, -0.25) is 4.98 Å². The summed E-state index contributed by atoms with van der Waals surface area (Å²) in [5.74, 6) is -0.496. The van der Waals surface area contributed by atoms with E-state index in [4.69, 9.17) is 0 Å². The van der Waals surface area contributed by atoms with Crippen LogP contribution in [0.4, 0.5) is 17.6 Å². The third kappa shape index (κ3) is 4.00. The van der Waals surface area contributed by atoms with Gasteiger partial charge in [-0.2, -0.15) is 13.2 Å². The summed E-state index contributed by atoms with van der Waals surface area (Å²) in [6.07, 6.45) is -2.81. The van der Waals surface area contributed by atoms with Crippen molar-refractivity contribution >= 4 is 9.84 Å². The molecule has 0 aliphatic carbocycles. The van der Waals surface area contributed by atoms with E-state index < -0.39 is 27.4 Å². The molecule has 0 fully saturated rings. The highest BCUT2D eigenvalue weighted by molar-refractivity contribution is 7.90. The predicted octanol–water partition coefficient (Wildman–Crippen LogP) is 4.98. The lowest BCUT2D eigenvalue weighted by Gasteiger charge is -2.15. The van der Waals surface area contributed by atoms with E-state index in [0.717, 1.165) is 12.3 Å². The van der Waals surface area contributed by atoms with Crippen LogP contribution in [0.15, 0.2) is 65.7 Å². The largest absolute Gasteiger partial charge is 0.417 e. The molecule has 0 aliphatic heterocycles. The van der Waals surface area contributed by atoms with E-state index in [1.54, 1.807) is 6.07 Å². The summed E-state index contributed by atoms with van der Waals surface area (Å²) < 4.78 is 76.0. The summed E-state index contributed by atoms with van der Waals surface area (Å²) in [5.41, 5.74) is 0.265. The highest BCUT2D eigenvalue weighted by atomic mass is 32.2. The lowest BCUT2D eigenvalue weighted by Crippen LogP contribution is -2.06. The minimum Gasteiger partial charge on any atom is -0.256 e. The molecule has 3 rings (SSSR count). The normalized spacial score (nSPS) is 12.2. The van der Waals surface area contributed by atoms with Gasteiger partial charge in [-0.1, -0.05) is 24.3 Å². The van der Waals surface area contributed by atoms with Crippen LogP contribution in [0.25, 0.3) is 22.4 Å². The maximum Gasteiger partial charge on any atom is 0.417 e. The van der Waals surface area contributed by atoms with E-state index in [0.29, 0.717) is 17.3 Å². The smallest absolute Gasteiger partial charge is 0.256 e. The summed E-state index contributed by atoms with van der Waals surface area (Å²) in [5, 5.41) is 0. The van der Waals surface area contributed by atoms with Gasteiger partial charge in [0.25, 0.3) is 0 Å². The van der Waals surface area contributed by atoms with Crippen molar-refractivity contribution in [1.82, 2.24) is 4.98 Å². The molecule has 3 aromatic rings. The van der Waals surface area contributed by atoms with E-state index in [9.17, 15) is 26.0 Å². The molecule has 0 radical (unpaired) electrons. The van der Waals surface area contributed by atoms with Crippen molar-refractivity contribution in [3.8, 4) is 22.4 Å². The van der Waals surface area contributed by atoms with Crippen molar-refractivity contribution in [1.29, 1.82) is 0 Å². The van der Waals surface area contributed by atoms with Crippen LogP contribution < -0.4 is 0 Å². The van der Waals surface area contributed by atoms with Gasteiger partial charge in [-0.05, 0) is 35.9 Å². The van der Waals surface area contributed by atoms with Crippen LogP contribution >= 0.6 is 0 Å². The number of nitrogens with zero attached hydrogens (tertiary/aromatic N) is 1. The van der Waals surface area contributed by atoms with Crippen LogP contribution in [0.3, 0.4) is 0 Å². The van der Waals surface area contributed by atoms with E-state index in [-0.39, 0.29) is 16.2 Å². The van der Waals surface area contributed by atoms with E-state index in [1.165, 1.54) is 42.5 Å². The number of benzene rings is 2. The SMILES string of the molecule is CS(=O)(=O)c1cccc(-c2ccc(C(F)(F)F)cn2)c1-c1ccc(F)cc1. The van der Waals surface area contributed by atoms with E-state index >= 15 is 0 Å². The van der Waals surface area contributed by atoms with Gasteiger partial charge in [-0.15, -0.1) is 0 Å². The van der Waals surface area contributed by atoms with Gasteiger partial charge in [0.2, 0.25) is 0 Å². The maximum atomic E-state index is 13.3. The zero-order valence-electron chi connectivity index (χ0n) is 14.0. The van der Waals surface area contributed by atoms with Gasteiger partial charge in [0, 0.05) is 23.6 Å². The number of sulfone groups is 1. The Bertz CT molecular complexity index is 1070. The van der Waals surface area contributed by atoms with Gasteiger partial charge in [0.15, 0.2) is 9.84 Å². The fourth-order valence-electron chi connectivity index (χ4n) is 2.69. The summed E-state index contributed by atoms with van der Waals surface area (Å²) in [6.45, 7) is 0. The third-order valence-electron chi connectivity index (χ3n) is 3.93. The molecule has 0 unspecified atom stereocenters. The Balaban J connectivity index is 2.26. The summed E-state index contributed by atoms with van der Waals surface area (Å²) in [7, 11) is -3.66. The quantitative estimate of drug-likeness (QED) is 0.588. The lowest BCUT2D eigenvalue weighted by atomic mass is 9.97. The van der Waals surface area contributed by atoms with Crippen LogP contribution in [0.5, 0.6) is 0 Å². The molecular weight excluding hydrogens is 382 g/mol. The fourth-order valence-corrected chi connectivity index (χ4v) is 3.61. The molecule has 1 heterocycles. The molecule has 3 nitrogen and oxygen atoms in total. The number of halogens is 4. The van der Waals surface area contributed by atoms with Crippen LogP contribution in [0.1, 0.15) is 5.56 Å². The first-order valence-electron chi connectivity index (χ1n) is 7.70. The zero-order chi connectivity index (χ0) is 19.8. The van der Waals surface area contributed by atoms with Gasteiger partial charge in [-0.25, -0.2) is 12.8 Å². The fraction of sp³-hybridized carbons (Fsp3) is 0.105. The molecule has 27 heavy (non-hydrogen) atoms. The van der Waals surface area contributed by atoms with Crippen molar-refractivity contribution in [2.24, 2.45) is 0 Å². The maximum absolute atomic E-state index is 13.3. The second kappa shape index (κ2) is 6.77. The molecule has 0 spiro atoms. The first-order chi connectivity index (χ1) is 12.6. The predicted molar refractivity (Wildman–Crippen MR) is 93.2 cm³/mol. The monoisotopic (exact) mass is 395 g/mol. The molecule has 1 aromatic heterocycles. The molecule has 0 bridgehead atoms. The van der Waals surface area contributed by atoms with Crippen molar-refractivity contribution in [3.63, 3.8) is 0 Å². The number of pyridine rings is 1. The summed E-state index contributed by atoms with van der Waals surface area (Å²) >= 11 is 0. The Morgan fingerprint density at radius 1 is 0.926 bits per heavy atom. The first kappa shape index (κ1) is 19.0. The highest BCUT2D eigenvalue weighted by Crippen LogP contribution is 2.37. The van der Waals surface area contributed by atoms with Crippen molar-refractivity contribution in [3.05, 3.63) is 72.2 Å². The molecule has 2 aromatic carbocycles. The van der Waals surface area contributed by atoms with Gasteiger partial charge < -0.3 is 0 Å². The van der Waals surface area contributed by atoms with Crippen LogP contribution in [0, 0.1) is 5.82 Å². The molecule has 0 atom stereocenters. The lowest BCUT2D eigenvalue weighted by molar-refractivity contribution is -0.137. The first-order valence-corrected chi connectivity index (χ1v) is 9.59. The Kier molecular flexibility index (Phi) is 4.77. The van der Waals surface area contributed by atoms with E-state index in [1.807, 2.05) is 0 Å². The molecule has 0 saturated heterocycles. The molecule has 0 saturated carbocycles. The number of rotatable bonds is 3. The molecule has 140 valence electrons.